The summed E-state index contributed by atoms with van der Waals surface area (Å²) in [4.78, 5) is 22.4. The molecule has 6 heteroatoms. The van der Waals surface area contributed by atoms with Gasteiger partial charge in [-0.3, -0.25) is 14.3 Å². The first kappa shape index (κ1) is 14.6. The van der Waals surface area contributed by atoms with Gasteiger partial charge in [-0.1, -0.05) is 6.42 Å². The number of carbonyl (C=O) groups excluding carboxylic acids is 1. The fourth-order valence-corrected chi connectivity index (χ4v) is 2.34. The minimum absolute atomic E-state index is 0.0711. The van der Waals surface area contributed by atoms with E-state index in [9.17, 15) is 9.59 Å². The van der Waals surface area contributed by atoms with E-state index in [2.05, 4.69) is 10.4 Å². The molecule has 20 heavy (non-hydrogen) atoms. The van der Waals surface area contributed by atoms with Gasteiger partial charge in [0.05, 0.1) is 17.5 Å². The third kappa shape index (κ3) is 3.82. The van der Waals surface area contributed by atoms with Crippen LogP contribution in [-0.2, 0) is 11.8 Å². The molecule has 0 aromatic carbocycles. The lowest BCUT2D eigenvalue weighted by Crippen LogP contribution is -2.25. The summed E-state index contributed by atoms with van der Waals surface area (Å²) in [5, 5.41) is 15.6. The van der Waals surface area contributed by atoms with E-state index in [-0.39, 0.29) is 12.3 Å². The predicted octanol–water partition coefficient (Wildman–Crippen LogP) is 1.67. The molecule has 0 radical (unpaired) electrons. The van der Waals surface area contributed by atoms with E-state index in [1.165, 1.54) is 0 Å². The van der Waals surface area contributed by atoms with Crippen molar-refractivity contribution in [2.75, 3.05) is 6.54 Å². The summed E-state index contributed by atoms with van der Waals surface area (Å²) < 4.78 is 1.79. The molecular formula is C14H21N3O3. The summed E-state index contributed by atoms with van der Waals surface area (Å²) in [5.41, 5.74) is 1.72. The molecule has 0 saturated heterocycles. The van der Waals surface area contributed by atoms with Crippen molar-refractivity contribution < 1.29 is 14.7 Å². The third-order valence-corrected chi connectivity index (χ3v) is 3.55. The summed E-state index contributed by atoms with van der Waals surface area (Å²) in [7, 11) is 1.87. The smallest absolute Gasteiger partial charge is 0.303 e. The SMILES string of the molecule is Cn1ncc(C(=O)NCCCCCC(=O)O)c1C1CC1. The minimum atomic E-state index is -0.765. The Morgan fingerprint density at radius 3 is 2.80 bits per heavy atom. The molecular weight excluding hydrogens is 258 g/mol. The third-order valence-electron chi connectivity index (χ3n) is 3.55. The number of hydrogen-bond donors (Lipinski definition) is 2. The number of aryl methyl sites for hydroxylation is 1. The molecule has 0 bridgehead atoms. The van der Waals surface area contributed by atoms with Gasteiger partial charge in [-0.05, 0) is 25.7 Å². The fourth-order valence-electron chi connectivity index (χ4n) is 2.34. The lowest BCUT2D eigenvalue weighted by Gasteiger charge is -2.06. The van der Waals surface area contributed by atoms with Crippen molar-refractivity contribution in [3.63, 3.8) is 0 Å². The topological polar surface area (TPSA) is 84.2 Å². The molecule has 1 fully saturated rings. The zero-order chi connectivity index (χ0) is 14.5. The van der Waals surface area contributed by atoms with Crippen LogP contribution in [0.4, 0.5) is 0 Å². The molecule has 1 aromatic rings. The molecule has 0 unspecified atom stereocenters. The van der Waals surface area contributed by atoms with Crippen LogP contribution in [0.5, 0.6) is 0 Å². The number of aromatic nitrogens is 2. The molecule has 0 aliphatic heterocycles. The molecule has 1 aromatic heterocycles. The summed E-state index contributed by atoms with van der Waals surface area (Å²) in [6.45, 7) is 0.581. The van der Waals surface area contributed by atoms with Gasteiger partial charge in [-0.2, -0.15) is 5.10 Å². The van der Waals surface area contributed by atoms with Gasteiger partial charge >= 0.3 is 5.97 Å². The van der Waals surface area contributed by atoms with Crippen LogP contribution in [0.15, 0.2) is 6.20 Å². The van der Waals surface area contributed by atoms with E-state index < -0.39 is 5.97 Å². The number of carbonyl (C=O) groups is 2. The van der Waals surface area contributed by atoms with Gasteiger partial charge in [0.1, 0.15) is 0 Å². The van der Waals surface area contributed by atoms with E-state index >= 15 is 0 Å². The number of amides is 1. The molecule has 1 aliphatic carbocycles. The van der Waals surface area contributed by atoms with Crippen LogP contribution in [0.1, 0.15) is 60.5 Å². The highest BCUT2D eigenvalue weighted by Crippen LogP contribution is 2.41. The summed E-state index contributed by atoms with van der Waals surface area (Å²) in [6.07, 6.45) is 6.37. The quantitative estimate of drug-likeness (QED) is 0.709. The number of unbranched alkanes of at least 4 members (excludes halogenated alkanes) is 2. The number of nitrogens with one attached hydrogen (secondary N) is 1. The van der Waals surface area contributed by atoms with E-state index in [1.807, 2.05) is 7.05 Å². The second-order valence-corrected chi connectivity index (χ2v) is 5.30. The number of hydrogen-bond acceptors (Lipinski definition) is 3. The molecule has 0 atom stereocenters. The number of nitrogens with zero attached hydrogens (tertiary/aromatic N) is 2. The van der Waals surface area contributed by atoms with Crippen molar-refractivity contribution >= 4 is 11.9 Å². The first-order valence-electron chi connectivity index (χ1n) is 7.11. The van der Waals surface area contributed by atoms with Crippen LogP contribution >= 0.6 is 0 Å². The predicted molar refractivity (Wildman–Crippen MR) is 73.6 cm³/mol. The van der Waals surface area contributed by atoms with Gasteiger partial charge in [0.2, 0.25) is 0 Å². The van der Waals surface area contributed by atoms with Gasteiger partial charge in [0.25, 0.3) is 5.91 Å². The highest BCUT2D eigenvalue weighted by molar-refractivity contribution is 5.95. The fraction of sp³-hybridized carbons (Fsp3) is 0.643. The Morgan fingerprint density at radius 1 is 1.40 bits per heavy atom. The van der Waals surface area contributed by atoms with Crippen molar-refractivity contribution in [2.45, 2.75) is 44.4 Å². The highest BCUT2D eigenvalue weighted by Gasteiger charge is 2.31. The Labute approximate surface area is 118 Å². The molecule has 110 valence electrons. The first-order valence-corrected chi connectivity index (χ1v) is 7.11. The van der Waals surface area contributed by atoms with E-state index in [1.54, 1.807) is 10.9 Å². The molecule has 0 spiro atoms. The standard InChI is InChI=1S/C14H21N3O3/c1-17-13(10-6-7-10)11(9-16-17)14(20)15-8-4-2-3-5-12(18)19/h9-10H,2-8H2,1H3,(H,15,20)(H,18,19). The van der Waals surface area contributed by atoms with E-state index in [0.717, 1.165) is 31.4 Å². The lowest BCUT2D eigenvalue weighted by molar-refractivity contribution is -0.137. The number of carboxylic acids is 1. The zero-order valence-corrected chi connectivity index (χ0v) is 11.8. The monoisotopic (exact) mass is 279 g/mol. The normalized spacial score (nSPS) is 14.2. The first-order chi connectivity index (χ1) is 9.59. The van der Waals surface area contributed by atoms with Crippen molar-refractivity contribution in [3.05, 3.63) is 17.5 Å². The molecule has 1 saturated carbocycles. The van der Waals surface area contributed by atoms with Gasteiger partial charge in [-0.25, -0.2) is 0 Å². The molecule has 1 amide bonds. The molecule has 1 aliphatic rings. The van der Waals surface area contributed by atoms with Crippen molar-refractivity contribution in [2.24, 2.45) is 7.05 Å². The van der Waals surface area contributed by atoms with Crippen molar-refractivity contribution in [1.82, 2.24) is 15.1 Å². The second-order valence-electron chi connectivity index (χ2n) is 5.30. The summed E-state index contributed by atoms with van der Waals surface area (Å²) in [6, 6.07) is 0. The van der Waals surface area contributed by atoms with Crippen LogP contribution in [0.2, 0.25) is 0 Å². The Balaban J connectivity index is 1.74. The minimum Gasteiger partial charge on any atom is -0.481 e. The molecule has 1 heterocycles. The van der Waals surface area contributed by atoms with Crippen molar-refractivity contribution in [1.29, 1.82) is 0 Å². The maximum absolute atomic E-state index is 12.1. The Bertz CT molecular complexity index is 492. The van der Waals surface area contributed by atoms with Crippen LogP contribution in [-0.4, -0.2) is 33.3 Å². The second kappa shape index (κ2) is 6.54. The zero-order valence-electron chi connectivity index (χ0n) is 11.8. The van der Waals surface area contributed by atoms with Crippen LogP contribution in [0, 0.1) is 0 Å². The average Bonchev–Trinajstić information content (AvgIpc) is 3.16. The highest BCUT2D eigenvalue weighted by atomic mass is 16.4. The van der Waals surface area contributed by atoms with E-state index in [0.29, 0.717) is 24.4 Å². The number of aliphatic carboxylic acids is 1. The van der Waals surface area contributed by atoms with Gasteiger partial charge < -0.3 is 10.4 Å². The molecule has 6 nitrogen and oxygen atoms in total. The van der Waals surface area contributed by atoms with Gasteiger partial charge in [0.15, 0.2) is 0 Å². The van der Waals surface area contributed by atoms with Gasteiger partial charge in [-0.15, -0.1) is 0 Å². The Hall–Kier alpha value is -1.85. The van der Waals surface area contributed by atoms with Gasteiger partial charge in [0, 0.05) is 25.9 Å². The largest absolute Gasteiger partial charge is 0.481 e. The Kier molecular flexibility index (Phi) is 4.76. The molecule has 2 rings (SSSR count). The molecule has 2 N–H and O–H groups in total. The summed E-state index contributed by atoms with van der Waals surface area (Å²) >= 11 is 0. The van der Waals surface area contributed by atoms with Crippen LogP contribution < -0.4 is 5.32 Å². The Morgan fingerprint density at radius 2 is 2.15 bits per heavy atom. The average molecular weight is 279 g/mol. The van der Waals surface area contributed by atoms with E-state index in [4.69, 9.17) is 5.11 Å². The summed E-state index contributed by atoms with van der Waals surface area (Å²) in [5.74, 6) is -0.351. The maximum atomic E-state index is 12.1. The number of carboxylic acid groups (broad SMARTS) is 1. The van der Waals surface area contributed by atoms with Crippen molar-refractivity contribution in [3.8, 4) is 0 Å². The van der Waals surface area contributed by atoms with Crippen LogP contribution in [0.3, 0.4) is 0 Å². The lowest BCUT2D eigenvalue weighted by atomic mass is 10.1. The number of rotatable bonds is 8. The van der Waals surface area contributed by atoms with Crippen LogP contribution in [0.25, 0.3) is 0 Å². The maximum Gasteiger partial charge on any atom is 0.303 e.